The number of sulfone groups is 1. The van der Waals surface area contributed by atoms with E-state index in [0.717, 1.165) is 5.56 Å². The maximum atomic E-state index is 12.6. The molecule has 3 rings (SSSR count). The molecule has 0 bridgehead atoms. The normalized spacial score (nSPS) is 14.2. The van der Waals surface area contributed by atoms with Gasteiger partial charge in [0.1, 0.15) is 15.7 Å². The third-order valence-electron chi connectivity index (χ3n) is 4.18. The van der Waals surface area contributed by atoms with Gasteiger partial charge in [0.15, 0.2) is 0 Å². The fraction of sp³-hybridized carbons (Fsp3) is 0.333. The van der Waals surface area contributed by atoms with Crippen LogP contribution in [0.25, 0.3) is 11.5 Å². The molecule has 0 aliphatic carbocycles. The lowest BCUT2D eigenvalue weighted by Crippen LogP contribution is -2.34. The molecular formula is C18H18F2N4O3S. The van der Waals surface area contributed by atoms with E-state index in [4.69, 9.17) is 4.42 Å². The first-order chi connectivity index (χ1) is 13.2. The lowest BCUT2D eigenvalue weighted by molar-refractivity contribution is 0.116. The molecule has 0 radical (unpaired) electrons. The molecule has 0 fully saturated rings. The van der Waals surface area contributed by atoms with E-state index in [9.17, 15) is 17.2 Å². The second-order valence-electron chi connectivity index (χ2n) is 6.81. The van der Waals surface area contributed by atoms with Crippen molar-refractivity contribution in [3.63, 3.8) is 0 Å². The van der Waals surface area contributed by atoms with E-state index in [1.54, 1.807) is 0 Å². The third-order valence-corrected chi connectivity index (χ3v) is 5.34. The largest absolute Gasteiger partial charge is 0.415 e. The highest BCUT2D eigenvalue weighted by Crippen LogP contribution is 2.29. The van der Waals surface area contributed by atoms with Gasteiger partial charge in [-0.25, -0.2) is 18.4 Å². The minimum absolute atomic E-state index is 0.0729. The quantitative estimate of drug-likeness (QED) is 0.592. The molecule has 148 valence electrons. The second-order valence-corrected chi connectivity index (χ2v) is 8.95. The van der Waals surface area contributed by atoms with E-state index in [0.29, 0.717) is 11.4 Å². The molecule has 28 heavy (non-hydrogen) atoms. The number of alkyl halides is 2. The number of benzene rings is 1. The topological polar surface area (TPSA) is 98.8 Å². The number of hydrogen-bond acceptors (Lipinski definition) is 7. The van der Waals surface area contributed by atoms with Crippen LogP contribution in [0.4, 0.5) is 8.78 Å². The minimum atomic E-state index is -3.27. The van der Waals surface area contributed by atoms with Gasteiger partial charge in [0.25, 0.3) is 11.8 Å². The Hall–Kier alpha value is -2.75. The molecule has 0 spiro atoms. The van der Waals surface area contributed by atoms with E-state index >= 15 is 0 Å². The molecular weight excluding hydrogens is 390 g/mol. The van der Waals surface area contributed by atoms with E-state index in [1.165, 1.54) is 18.6 Å². The van der Waals surface area contributed by atoms with Gasteiger partial charge in [-0.05, 0) is 5.56 Å². The highest BCUT2D eigenvalue weighted by molar-refractivity contribution is 7.90. The van der Waals surface area contributed by atoms with Crippen molar-refractivity contribution in [3.05, 3.63) is 60.0 Å². The van der Waals surface area contributed by atoms with Gasteiger partial charge in [0, 0.05) is 30.5 Å². The van der Waals surface area contributed by atoms with Gasteiger partial charge in [-0.1, -0.05) is 37.3 Å². The van der Waals surface area contributed by atoms with Crippen LogP contribution >= 0.6 is 0 Å². The molecule has 0 amide bonds. The van der Waals surface area contributed by atoms with Crippen LogP contribution < -0.4 is 0 Å². The number of rotatable bonds is 7. The van der Waals surface area contributed by atoms with Crippen LogP contribution in [-0.4, -0.2) is 40.6 Å². The SMILES string of the molecule is CC(Cc1ncc(-c2nnc(C(F)F)o2)cn1)(CS(C)(=O)=O)c1ccccc1. The van der Waals surface area contributed by atoms with Gasteiger partial charge in [-0.2, -0.15) is 8.78 Å². The zero-order valence-corrected chi connectivity index (χ0v) is 16.0. The second kappa shape index (κ2) is 7.70. The minimum Gasteiger partial charge on any atom is -0.415 e. The van der Waals surface area contributed by atoms with Crippen LogP contribution in [0.5, 0.6) is 0 Å². The summed E-state index contributed by atoms with van der Waals surface area (Å²) in [6.45, 7) is 1.84. The summed E-state index contributed by atoms with van der Waals surface area (Å²) in [5, 5.41) is 6.82. The van der Waals surface area contributed by atoms with Gasteiger partial charge < -0.3 is 4.42 Å². The van der Waals surface area contributed by atoms with E-state index < -0.39 is 27.6 Å². The Morgan fingerprint density at radius 3 is 2.29 bits per heavy atom. The van der Waals surface area contributed by atoms with Gasteiger partial charge in [-0.3, -0.25) is 0 Å². The predicted octanol–water partition coefficient (Wildman–Crippen LogP) is 3.01. The average molecular weight is 408 g/mol. The summed E-state index contributed by atoms with van der Waals surface area (Å²) in [5.74, 6) is -0.545. The van der Waals surface area contributed by atoms with Gasteiger partial charge >= 0.3 is 6.43 Å². The standard InChI is InChI=1S/C18H18F2N4O3S/c1-18(11-28(2,25)26,13-6-4-3-5-7-13)8-14-21-9-12(10-22-14)16-23-24-17(27-16)15(19)20/h3-7,9-10,15H,8,11H2,1-2H3. The molecule has 1 unspecified atom stereocenters. The summed E-state index contributed by atoms with van der Waals surface area (Å²) < 4.78 is 54.0. The Morgan fingerprint density at radius 1 is 1.11 bits per heavy atom. The highest BCUT2D eigenvalue weighted by atomic mass is 32.2. The number of nitrogens with zero attached hydrogens (tertiary/aromatic N) is 4. The zero-order valence-electron chi connectivity index (χ0n) is 15.2. The van der Waals surface area contributed by atoms with Crippen LogP contribution in [0.1, 0.15) is 30.6 Å². The molecule has 3 aromatic rings. The molecule has 0 saturated carbocycles. The summed E-state index contributed by atoms with van der Waals surface area (Å²) in [5.41, 5.74) is 0.420. The monoisotopic (exact) mass is 408 g/mol. The Labute approximate surface area is 160 Å². The summed E-state index contributed by atoms with van der Waals surface area (Å²) in [4.78, 5) is 8.46. The fourth-order valence-electron chi connectivity index (χ4n) is 3.00. The maximum absolute atomic E-state index is 12.6. The van der Waals surface area contributed by atoms with Crippen LogP contribution in [-0.2, 0) is 21.7 Å². The van der Waals surface area contributed by atoms with Crippen molar-refractivity contribution in [1.29, 1.82) is 0 Å². The third kappa shape index (κ3) is 4.75. The fourth-order valence-corrected chi connectivity index (χ4v) is 4.43. The molecule has 2 aromatic heterocycles. The summed E-state index contributed by atoms with van der Waals surface area (Å²) in [6.07, 6.45) is 1.38. The first-order valence-electron chi connectivity index (χ1n) is 8.32. The molecule has 0 aliphatic rings. The summed E-state index contributed by atoms with van der Waals surface area (Å²) in [7, 11) is -3.27. The number of halogens is 2. The molecule has 7 nitrogen and oxygen atoms in total. The van der Waals surface area contributed by atoms with Crippen molar-refractivity contribution in [2.75, 3.05) is 12.0 Å². The van der Waals surface area contributed by atoms with Crippen LogP contribution in [0, 0.1) is 0 Å². The average Bonchev–Trinajstić information content (AvgIpc) is 3.12. The first-order valence-corrected chi connectivity index (χ1v) is 10.4. The van der Waals surface area contributed by atoms with E-state index in [1.807, 2.05) is 37.3 Å². The van der Waals surface area contributed by atoms with Crippen molar-refractivity contribution in [1.82, 2.24) is 20.2 Å². The van der Waals surface area contributed by atoms with Crippen molar-refractivity contribution in [3.8, 4) is 11.5 Å². The van der Waals surface area contributed by atoms with Crippen LogP contribution in [0.2, 0.25) is 0 Å². The Balaban J connectivity index is 1.87. The molecule has 0 aliphatic heterocycles. The molecule has 0 saturated heterocycles. The smallest absolute Gasteiger partial charge is 0.314 e. The first kappa shape index (κ1) is 20.0. The van der Waals surface area contributed by atoms with Crippen LogP contribution in [0.15, 0.2) is 47.1 Å². The lowest BCUT2D eigenvalue weighted by atomic mass is 9.81. The lowest BCUT2D eigenvalue weighted by Gasteiger charge is -2.28. The van der Waals surface area contributed by atoms with E-state index in [-0.39, 0.29) is 18.1 Å². The van der Waals surface area contributed by atoms with Crippen molar-refractivity contribution >= 4 is 9.84 Å². The van der Waals surface area contributed by atoms with E-state index in [2.05, 4.69) is 20.2 Å². The molecule has 10 heteroatoms. The van der Waals surface area contributed by atoms with Crippen molar-refractivity contribution in [2.45, 2.75) is 25.2 Å². The Bertz CT molecular complexity index is 1040. The van der Waals surface area contributed by atoms with Crippen molar-refractivity contribution < 1.29 is 21.6 Å². The predicted molar refractivity (Wildman–Crippen MR) is 97.5 cm³/mol. The summed E-state index contributed by atoms with van der Waals surface area (Å²) >= 11 is 0. The van der Waals surface area contributed by atoms with Gasteiger partial charge in [-0.15, -0.1) is 10.2 Å². The highest BCUT2D eigenvalue weighted by Gasteiger charge is 2.32. The Kier molecular flexibility index (Phi) is 5.50. The van der Waals surface area contributed by atoms with Crippen LogP contribution in [0.3, 0.4) is 0 Å². The summed E-state index contributed by atoms with van der Waals surface area (Å²) in [6, 6.07) is 9.27. The van der Waals surface area contributed by atoms with Gasteiger partial charge in [0.2, 0.25) is 0 Å². The number of aromatic nitrogens is 4. The molecule has 1 atom stereocenters. The number of hydrogen-bond donors (Lipinski definition) is 0. The maximum Gasteiger partial charge on any atom is 0.314 e. The molecule has 2 heterocycles. The molecule has 1 aromatic carbocycles. The van der Waals surface area contributed by atoms with Crippen molar-refractivity contribution in [2.24, 2.45) is 0 Å². The van der Waals surface area contributed by atoms with Gasteiger partial charge in [0.05, 0.1) is 11.3 Å². The zero-order chi connectivity index (χ0) is 20.4. The molecule has 0 N–H and O–H groups in total. The Morgan fingerprint density at radius 2 is 1.75 bits per heavy atom.